The number of nitrogens with two attached hydrogens (primary N) is 1. The Morgan fingerprint density at radius 3 is 2.63 bits per heavy atom. The van der Waals surface area contributed by atoms with Crippen molar-refractivity contribution >= 4 is 33.2 Å². The first kappa shape index (κ1) is 22.4. The van der Waals surface area contributed by atoms with Crippen LogP contribution < -0.4 is 20.1 Å². The van der Waals surface area contributed by atoms with E-state index in [9.17, 15) is 13.2 Å². The van der Waals surface area contributed by atoms with Gasteiger partial charge in [0.2, 0.25) is 10.0 Å². The Bertz CT molecular complexity index is 1020. The van der Waals surface area contributed by atoms with Gasteiger partial charge in [0.15, 0.2) is 0 Å². The Morgan fingerprint density at radius 1 is 1.23 bits per heavy atom. The average Bonchev–Trinajstić information content (AvgIpc) is 2.73. The zero-order valence-corrected chi connectivity index (χ0v) is 18.1. The third kappa shape index (κ3) is 5.42. The molecule has 0 bridgehead atoms. The SMILES string of the molecule is COc1ccc(Cl)cc1C(=O)NCCc1ccc(N2CCOCC2)c(S(N)(=O)=O)c1. The zero-order chi connectivity index (χ0) is 21.7. The summed E-state index contributed by atoms with van der Waals surface area (Å²) in [5.41, 5.74) is 1.64. The molecule has 2 aromatic carbocycles. The molecule has 10 heteroatoms. The summed E-state index contributed by atoms with van der Waals surface area (Å²) in [5, 5.41) is 8.68. The molecule has 3 rings (SSSR count). The minimum atomic E-state index is -3.90. The quantitative estimate of drug-likeness (QED) is 0.661. The minimum absolute atomic E-state index is 0.0738. The van der Waals surface area contributed by atoms with Crippen LogP contribution in [0.25, 0.3) is 0 Å². The molecule has 1 fully saturated rings. The number of hydrogen-bond acceptors (Lipinski definition) is 6. The first-order valence-corrected chi connectivity index (χ1v) is 11.3. The molecule has 0 atom stereocenters. The number of amides is 1. The highest BCUT2D eigenvalue weighted by Gasteiger charge is 2.21. The molecular weight excluding hydrogens is 430 g/mol. The van der Waals surface area contributed by atoms with Gasteiger partial charge in [0.25, 0.3) is 5.91 Å². The Hall–Kier alpha value is -2.33. The molecule has 3 N–H and O–H groups in total. The summed E-state index contributed by atoms with van der Waals surface area (Å²) in [5.74, 6) is 0.0919. The Labute approximate surface area is 181 Å². The van der Waals surface area contributed by atoms with Crippen LogP contribution >= 0.6 is 11.6 Å². The van der Waals surface area contributed by atoms with E-state index < -0.39 is 10.0 Å². The first-order chi connectivity index (χ1) is 14.3. The summed E-state index contributed by atoms with van der Waals surface area (Å²) < 4.78 is 34.8. The van der Waals surface area contributed by atoms with Crippen molar-refractivity contribution in [2.24, 2.45) is 5.14 Å². The molecule has 162 valence electrons. The van der Waals surface area contributed by atoms with Gasteiger partial charge >= 0.3 is 0 Å². The fraction of sp³-hybridized carbons (Fsp3) is 0.350. The smallest absolute Gasteiger partial charge is 0.255 e. The van der Waals surface area contributed by atoms with Gasteiger partial charge in [-0.05, 0) is 42.3 Å². The maximum atomic E-state index is 12.5. The fourth-order valence-corrected chi connectivity index (χ4v) is 4.26. The van der Waals surface area contributed by atoms with Crippen LogP contribution in [0.3, 0.4) is 0 Å². The summed E-state index contributed by atoms with van der Waals surface area (Å²) >= 11 is 5.97. The molecule has 1 amide bonds. The number of anilines is 1. The maximum absolute atomic E-state index is 12.5. The molecular formula is C20H24ClN3O5S. The number of hydrogen-bond donors (Lipinski definition) is 2. The van der Waals surface area contributed by atoms with Gasteiger partial charge in [0.1, 0.15) is 10.6 Å². The molecule has 0 saturated carbocycles. The molecule has 1 saturated heterocycles. The van der Waals surface area contributed by atoms with E-state index >= 15 is 0 Å². The van der Waals surface area contributed by atoms with Gasteiger partial charge in [-0.2, -0.15) is 0 Å². The van der Waals surface area contributed by atoms with Crippen molar-refractivity contribution in [1.82, 2.24) is 5.32 Å². The molecule has 8 nitrogen and oxygen atoms in total. The Kier molecular flexibility index (Phi) is 7.19. The maximum Gasteiger partial charge on any atom is 0.255 e. The van der Waals surface area contributed by atoms with E-state index in [-0.39, 0.29) is 10.8 Å². The van der Waals surface area contributed by atoms with Gasteiger partial charge in [-0.15, -0.1) is 0 Å². The van der Waals surface area contributed by atoms with Crippen LogP contribution in [0.2, 0.25) is 5.02 Å². The standard InChI is InChI=1S/C20H24ClN3O5S/c1-28-18-5-3-15(21)13-16(18)20(25)23-7-6-14-2-4-17(19(12-14)30(22,26)27)24-8-10-29-11-9-24/h2-5,12-13H,6-11H2,1H3,(H,23,25)(H2,22,26,27). The summed E-state index contributed by atoms with van der Waals surface area (Å²) in [6, 6.07) is 9.95. The number of ether oxygens (including phenoxy) is 2. The molecule has 1 aliphatic rings. The first-order valence-electron chi connectivity index (χ1n) is 9.40. The van der Waals surface area contributed by atoms with E-state index in [1.54, 1.807) is 24.3 Å². The number of carbonyl (C=O) groups is 1. The second-order valence-corrected chi connectivity index (χ2v) is 8.76. The lowest BCUT2D eigenvalue weighted by atomic mass is 10.1. The molecule has 2 aromatic rings. The highest BCUT2D eigenvalue weighted by Crippen LogP contribution is 2.27. The normalized spacial score (nSPS) is 14.4. The number of sulfonamides is 1. The van der Waals surface area contributed by atoms with Crippen LogP contribution in [0.4, 0.5) is 5.69 Å². The second kappa shape index (κ2) is 9.65. The highest BCUT2D eigenvalue weighted by atomic mass is 35.5. The average molecular weight is 454 g/mol. The number of nitrogens with one attached hydrogen (secondary N) is 1. The number of benzene rings is 2. The molecule has 0 radical (unpaired) electrons. The number of rotatable bonds is 7. The minimum Gasteiger partial charge on any atom is -0.496 e. The Morgan fingerprint density at radius 2 is 1.97 bits per heavy atom. The molecule has 1 heterocycles. The van der Waals surface area contributed by atoms with Gasteiger partial charge in [0, 0.05) is 24.7 Å². The molecule has 0 aromatic heterocycles. The van der Waals surface area contributed by atoms with Crippen LogP contribution in [0, 0.1) is 0 Å². The van der Waals surface area contributed by atoms with E-state index in [0.717, 1.165) is 5.56 Å². The van der Waals surface area contributed by atoms with Crippen molar-refractivity contribution in [3.63, 3.8) is 0 Å². The van der Waals surface area contributed by atoms with Crippen LogP contribution in [-0.2, 0) is 21.2 Å². The number of carbonyl (C=O) groups excluding carboxylic acids is 1. The number of halogens is 1. The van der Waals surface area contributed by atoms with Gasteiger partial charge in [0.05, 0.1) is 31.6 Å². The lowest BCUT2D eigenvalue weighted by Gasteiger charge is -2.30. The van der Waals surface area contributed by atoms with E-state index in [0.29, 0.717) is 61.3 Å². The number of primary sulfonamides is 1. The van der Waals surface area contributed by atoms with Gasteiger partial charge in [-0.25, -0.2) is 13.6 Å². The van der Waals surface area contributed by atoms with Crippen molar-refractivity contribution in [2.75, 3.05) is 44.9 Å². The van der Waals surface area contributed by atoms with E-state index in [1.807, 2.05) is 11.0 Å². The van der Waals surface area contributed by atoms with Crippen LogP contribution in [0.15, 0.2) is 41.3 Å². The third-order valence-corrected chi connectivity index (χ3v) is 5.96. The van der Waals surface area contributed by atoms with Crippen LogP contribution in [0.1, 0.15) is 15.9 Å². The lowest BCUT2D eigenvalue weighted by molar-refractivity contribution is 0.0951. The van der Waals surface area contributed by atoms with Gasteiger partial charge < -0.3 is 19.7 Å². The second-order valence-electron chi connectivity index (χ2n) is 6.80. The van der Waals surface area contributed by atoms with Gasteiger partial charge in [-0.3, -0.25) is 4.79 Å². The van der Waals surface area contributed by atoms with Crippen molar-refractivity contribution in [1.29, 1.82) is 0 Å². The van der Waals surface area contributed by atoms with Crippen molar-refractivity contribution in [2.45, 2.75) is 11.3 Å². The third-order valence-electron chi connectivity index (χ3n) is 4.79. The fourth-order valence-electron chi connectivity index (χ4n) is 3.28. The van der Waals surface area contributed by atoms with Crippen molar-refractivity contribution < 1.29 is 22.7 Å². The highest BCUT2D eigenvalue weighted by molar-refractivity contribution is 7.89. The Balaban J connectivity index is 1.71. The predicted molar refractivity (Wildman–Crippen MR) is 115 cm³/mol. The number of methoxy groups -OCH3 is 1. The predicted octanol–water partition coefficient (Wildman–Crippen LogP) is 1.81. The van der Waals surface area contributed by atoms with Gasteiger partial charge in [-0.1, -0.05) is 17.7 Å². The summed E-state index contributed by atoms with van der Waals surface area (Å²) in [4.78, 5) is 14.5. The largest absolute Gasteiger partial charge is 0.496 e. The summed E-state index contributed by atoms with van der Waals surface area (Å²) in [7, 11) is -2.43. The number of morpholine rings is 1. The summed E-state index contributed by atoms with van der Waals surface area (Å²) in [6.07, 6.45) is 0.431. The van der Waals surface area contributed by atoms with E-state index in [4.69, 9.17) is 26.2 Å². The topological polar surface area (TPSA) is 111 Å². The zero-order valence-electron chi connectivity index (χ0n) is 16.6. The number of nitrogens with zero attached hydrogens (tertiary/aromatic N) is 1. The van der Waals surface area contributed by atoms with E-state index in [1.165, 1.54) is 13.2 Å². The molecule has 0 spiro atoms. The van der Waals surface area contributed by atoms with Crippen molar-refractivity contribution in [3.8, 4) is 5.75 Å². The van der Waals surface area contributed by atoms with Crippen LogP contribution in [0.5, 0.6) is 5.75 Å². The van der Waals surface area contributed by atoms with Crippen LogP contribution in [-0.4, -0.2) is 54.3 Å². The molecule has 30 heavy (non-hydrogen) atoms. The summed E-state index contributed by atoms with van der Waals surface area (Å²) in [6.45, 7) is 2.56. The molecule has 0 unspecified atom stereocenters. The van der Waals surface area contributed by atoms with E-state index in [2.05, 4.69) is 5.32 Å². The lowest BCUT2D eigenvalue weighted by Crippen LogP contribution is -2.37. The monoisotopic (exact) mass is 453 g/mol. The molecule has 0 aliphatic carbocycles. The van der Waals surface area contributed by atoms with Crippen molar-refractivity contribution in [3.05, 3.63) is 52.5 Å². The molecule has 1 aliphatic heterocycles.